The maximum atomic E-state index is 10.5. The fourth-order valence-electron chi connectivity index (χ4n) is 2.75. The van der Waals surface area contributed by atoms with Crippen LogP contribution < -0.4 is 5.32 Å². The Hall–Kier alpha value is -0.870. The summed E-state index contributed by atoms with van der Waals surface area (Å²) >= 11 is 0. The van der Waals surface area contributed by atoms with E-state index in [0.29, 0.717) is 18.0 Å². The van der Waals surface area contributed by atoms with Crippen LogP contribution in [0.5, 0.6) is 0 Å². The third-order valence-corrected chi connectivity index (χ3v) is 4.40. The van der Waals surface area contributed by atoms with Gasteiger partial charge in [0.15, 0.2) is 0 Å². The van der Waals surface area contributed by atoms with Crippen LogP contribution in [0.2, 0.25) is 0 Å². The average Bonchev–Trinajstić information content (AvgIpc) is 2.75. The number of aromatic nitrogens is 2. The van der Waals surface area contributed by atoms with Crippen LogP contribution in [0.1, 0.15) is 52.0 Å². The van der Waals surface area contributed by atoms with Crippen molar-refractivity contribution < 1.29 is 5.11 Å². The predicted molar refractivity (Wildman–Crippen MR) is 76.8 cm³/mol. The molecule has 0 spiro atoms. The van der Waals surface area contributed by atoms with Crippen LogP contribution in [0, 0.1) is 5.41 Å². The van der Waals surface area contributed by atoms with Crippen LogP contribution in [-0.4, -0.2) is 27.5 Å². The monoisotopic (exact) mass is 265 g/mol. The lowest BCUT2D eigenvalue weighted by molar-refractivity contribution is 0.0499. The van der Waals surface area contributed by atoms with Crippen LogP contribution in [0.25, 0.3) is 0 Å². The van der Waals surface area contributed by atoms with E-state index in [0.717, 1.165) is 5.56 Å². The number of hydrogen-bond acceptors (Lipinski definition) is 3. The van der Waals surface area contributed by atoms with E-state index < -0.39 is 5.60 Å². The maximum Gasteiger partial charge on any atom is 0.102 e. The number of aryl methyl sites for hydroxylation is 1. The highest BCUT2D eigenvalue weighted by Gasteiger charge is 2.29. The van der Waals surface area contributed by atoms with Crippen LogP contribution in [0.3, 0.4) is 0 Å². The molecule has 1 aliphatic rings. The van der Waals surface area contributed by atoms with Gasteiger partial charge in [0, 0.05) is 31.4 Å². The van der Waals surface area contributed by atoms with E-state index in [9.17, 15) is 5.11 Å². The summed E-state index contributed by atoms with van der Waals surface area (Å²) in [4.78, 5) is 0. The number of nitrogens with zero attached hydrogens (tertiary/aromatic N) is 2. The Labute approximate surface area is 116 Å². The molecule has 1 heterocycles. The second-order valence-corrected chi connectivity index (χ2v) is 7.00. The minimum atomic E-state index is -0.846. The first-order valence-electron chi connectivity index (χ1n) is 7.23. The molecule has 2 rings (SSSR count). The minimum absolute atomic E-state index is 0.490. The molecule has 0 aromatic carbocycles. The number of hydrogen-bond donors (Lipinski definition) is 2. The Morgan fingerprint density at radius 2 is 2.11 bits per heavy atom. The summed E-state index contributed by atoms with van der Waals surface area (Å²) in [5.41, 5.74) is 0.518. The summed E-state index contributed by atoms with van der Waals surface area (Å²) in [5.74, 6) is 0. The molecule has 19 heavy (non-hydrogen) atoms. The van der Waals surface area contributed by atoms with Gasteiger partial charge in [0.25, 0.3) is 0 Å². The molecule has 1 aromatic heterocycles. The van der Waals surface area contributed by atoms with E-state index >= 15 is 0 Å². The largest absolute Gasteiger partial charge is 0.384 e. The standard InChI is InChI=1S/C15H27N3O/c1-14(2)7-5-13(6-8-14)16-11-15(3,19)12-9-17-18(4)10-12/h9-10,13,16,19H,5-8,11H2,1-4H3. The molecule has 108 valence electrons. The minimum Gasteiger partial charge on any atom is -0.384 e. The molecule has 1 saturated carbocycles. The van der Waals surface area contributed by atoms with Gasteiger partial charge in [-0.2, -0.15) is 5.10 Å². The Morgan fingerprint density at radius 3 is 2.63 bits per heavy atom. The molecule has 1 unspecified atom stereocenters. The molecular weight excluding hydrogens is 238 g/mol. The van der Waals surface area contributed by atoms with Crippen molar-refractivity contribution in [2.24, 2.45) is 12.5 Å². The van der Waals surface area contributed by atoms with Crippen LogP contribution in [-0.2, 0) is 12.6 Å². The van der Waals surface area contributed by atoms with E-state index in [1.165, 1.54) is 25.7 Å². The summed E-state index contributed by atoms with van der Waals surface area (Å²) in [7, 11) is 1.87. The topological polar surface area (TPSA) is 50.1 Å². The van der Waals surface area contributed by atoms with Gasteiger partial charge in [-0.3, -0.25) is 4.68 Å². The fraction of sp³-hybridized carbons (Fsp3) is 0.800. The molecule has 1 atom stereocenters. The van der Waals surface area contributed by atoms with Crippen molar-refractivity contribution in [2.75, 3.05) is 6.54 Å². The van der Waals surface area contributed by atoms with Gasteiger partial charge in [-0.05, 0) is 38.0 Å². The quantitative estimate of drug-likeness (QED) is 0.877. The Morgan fingerprint density at radius 1 is 1.47 bits per heavy atom. The van der Waals surface area contributed by atoms with Gasteiger partial charge in [-0.25, -0.2) is 0 Å². The number of nitrogens with one attached hydrogen (secondary N) is 1. The Balaban J connectivity index is 1.85. The summed E-state index contributed by atoms with van der Waals surface area (Å²) in [6, 6.07) is 0.538. The van der Waals surface area contributed by atoms with Gasteiger partial charge < -0.3 is 10.4 Å². The molecule has 0 aliphatic heterocycles. The first-order valence-corrected chi connectivity index (χ1v) is 7.23. The number of rotatable bonds is 4. The zero-order valence-corrected chi connectivity index (χ0v) is 12.6. The van der Waals surface area contributed by atoms with Crippen molar-refractivity contribution in [3.05, 3.63) is 18.0 Å². The molecule has 0 bridgehead atoms. The third-order valence-electron chi connectivity index (χ3n) is 4.40. The summed E-state index contributed by atoms with van der Waals surface area (Å²) in [6.07, 6.45) is 8.56. The highest BCUT2D eigenvalue weighted by molar-refractivity contribution is 5.14. The molecule has 0 saturated heterocycles. The SMILES string of the molecule is Cn1cc(C(C)(O)CNC2CCC(C)(C)CC2)cn1. The molecule has 4 nitrogen and oxygen atoms in total. The van der Waals surface area contributed by atoms with E-state index in [2.05, 4.69) is 24.3 Å². The molecule has 2 N–H and O–H groups in total. The molecule has 4 heteroatoms. The molecular formula is C15H27N3O. The van der Waals surface area contributed by atoms with E-state index in [1.54, 1.807) is 10.9 Å². The first kappa shape index (κ1) is 14.5. The Bertz CT molecular complexity index is 413. The Kier molecular flexibility index (Phi) is 4.02. The van der Waals surface area contributed by atoms with Gasteiger partial charge in [0.1, 0.15) is 5.60 Å². The van der Waals surface area contributed by atoms with Crippen LogP contribution in [0.4, 0.5) is 0 Å². The zero-order chi connectivity index (χ0) is 14.1. The lowest BCUT2D eigenvalue weighted by Gasteiger charge is -2.36. The zero-order valence-electron chi connectivity index (χ0n) is 12.6. The second kappa shape index (κ2) is 5.25. The highest BCUT2D eigenvalue weighted by Crippen LogP contribution is 2.35. The van der Waals surface area contributed by atoms with E-state index in [-0.39, 0.29) is 0 Å². The molecule has 1 aliphatic carbocycles. The van der Waals surface area contributed by atoms with Gasteiger partial charge in [-0.1, -0.05) is 13.8 Å². The van der Waals surface area contributed by atoms with Crippen LogP contribution in [0.15, 0.2) is 12.4 Å². The first-order chi connectivity index (χ1) is 8.78. The second-order valence-electron chi connectivity index (χ2n) is 7.00. The van der Waals surface area contributed by atoms with Crippen LogP contribution >= 0.6 is 0 Å². The van der Waals surface area contributed by atoms with E-state index in [4.69, 9.17) is 0 Å². The smallest absolute Gasteiger partial charge is 0.102 e. The average molecular weight is 265 g/mol. The van der Waals surface area contributed by atoms with Crippen molar-refractivity contribution in [1.29, 1.82) is 0 Å². The third kappa shape index (κ3) is 3.80. The van der Waals surface area contributed by atoms with E-state index in [1.807, 2.05) is 20.2 Å². The highest BCUT2D eigenvalue weighted by atomic mass is 16.3. The van der Waals surface area contributed by atoms with Gasteiger partial charge >= 0.3 is 0 Å². The lowest BCUT2D eigenvalue weighted by Crippen LogP contribution is -2.43. The molecule has 1 aromatic rings. The summed E-state index contributed by atoms with van der Waals surface area (Å²) < 4.78 is 1.73. The van der Waals surface area contributed by atoms with Crippen molar-refractivity contribution in [2.45, 2.75) is 58.1 Å². The molecule has 0 amide bonds. The van der Waals surface area contributed by atoms with Crippen molar-refractivity contribution >= 4 is 0 Å². The summed E-state index contributed by atoms with van der Waals surface area (Å²) in [5, 5.41) is 18.2. The van der Waals surface area contributed by atoms with Crippen molar-refractivity contribution in [3.8, 4) is 0 Å². The molecule has 0 radical (unpaired) electrons. The van der Waals surface area contributed by atoms with Crippen molar-refractivity contribution in [1.82, 2.24) is 15.1 Å². The fourth-order valence-corrected chi connectivity index (χ4v) is 2.75. The maximum absolute atomic E-state index is 10.5. The van der Waals surface area contributed by atoms with Gasteiger partial charge in [0.05, 0.1) is 6.20 Å². The molecule has 1 fully saturated rings. The number of aliphatic hydroxyl groups is 1. The predicted octanol–water partition coefficient (Wildman–Crippen LogP) is 2.19. The van der Waals surface area contributed by atoms with Gasteiger partial charge in [-0.15, -0.1) is 0 Å². The van der Waals surface area contributed by atoms with Gasteiger partial charge in [0.2, 0.25) is 0 Å². The lowest BCUT2D eigenvalue weighted by atomic mass is 9.75. The summed E-state index contributed by atoms with van der Waals surface area (Å²) in [6.45, 7) is 7.12. The normalized spacial score (nSPS) is 23.2. The van der Waals surface area contributed by atoms with Crippen molar-refractivity contribution in [3.63, 3.8) is 0 Å².